The lowest BCUT2D eigenvalue weighted by molar-refractivity contribution is 0.102. The van der Waals surface area contributed by atoms with Crippen LogP contribution in [0.5, 0.6) is 0 Å². The number of carbonyl (C=O) groups is 1. The van der Waals surface area contributed by atoms with E-state index in [9.17, 15) is 4.79 Å². The molecule has 0 saturated heterocycles. The Labute approximate surface area is 133 Å². The van der Waals surface area contributed by atoms with Gasteiger partial charge in [-0.05, 0) is 25.5 Å². The Hall–Kier alpha value is -2.46. The first kappa shape index (κ1) is 14.5. The summed E-state index contributed by atoms with van der Waals surface area (Å²) < 4.78 is 0. The fourth-order valence-electron chi connectivity index (χ4n) is 2.31. The molecule has 0 aliphatic carbocycles. The van der Waals surface area contributed by atoms with Crippen LogP contribution in [0.1, 0.15) is 21.5 Å². The molecule has 0 spiro atoms. The van der Waals surface area contributed by atoms with Gasteiger partial charge in [-0.15, -0.1) is 11.3 Å². The second-order valence-electron chi connectivity index (χ2n) is 5.18. The van der Waals surface area contributed by atoms with Crippen molar-refractivity contribution in [3.63, 3.8) is 0 Å². The van der Waals surface area contributed by atoms with Gasteiger partial charge >= 0.3 is 0 Å². The van der Waals surface area contributed by atoms with Crippen LogP contribution in [0.4, 0.5) is 5.13 Å². The largest absolute Gasteiger partial charge is 0.298 e. The van der Waals surface area contributed by atoms with Crippen molar-refractivity contribution in [3.05, 3.63) is 70.6 Å². The lowest BCUT2D eigenvalue weighted by atomic mass is 10.1. The molecule has 1 N–H and O–H groups in total. The van der Waals surface area contributed by atoms with E-state index in [-0.39, 0.29) is 5.91 Å². The standard InChI is InChI=1S/C18H16N2OS/c1-12-8-9-15(13(2)10-12)17(21)20-18-19-16(11-22-18)14-6-4-3-5-7-14/h3-11H,1-2H3,(H,19,20,21). The van der Waals surface area contributed by atoms with Crippen molar-refractivity contribution in [1.29, 1.82) is 0 Å². The molecular weight excluding hydrogens is 292 g/mol. The summed E-state index contributed by atoms with van der Waals surface area (Å²) in [6, 6.07) is 15.7. The second-order valence-corrected chi connectivity index (χ2v) is 6.03. The minimum atomic E-state index is -0.119. The number of hydrogen-bond acceptors (Lipinski definition) is 3. The Morgan fingerprint density at radius 3 is 2.59 bits per heavy atom. The fraction of sp³-hybridized carbons (Fsp3) is 0.111. The third-order valence-electron chi connectivity index (χ3n) is 3.42. The van der Waals surface area contributed by atoms with Gasteiger partial charge in [0.15, 0.2) is 5.13 Å². The van der Waals surface area contributed by atoms with Gasteiger partial charge in [-0.25, -0.2) is 4.98 Å². The van der Waals surface area contributed by atoms with Crippen LogP contribution in [0.25, 0.3) is 11.3 Å². The molecule has 22 heavy (non-hydrogen) atoms. The molecule has 2 aromatic carbocycles. The van der Waals surface area contributed by atoms with E-state index in [1.807, 2.05) is 67.8 Å². The molecule has 3 aromatic rings. The van der Waals surface area contributed by atoms with E-state index in [1.165, 1.54) is 11.3 Å². The summed E-state index contributed by atoms with van der Waals surface area (Å²) in [7, 11) is 0. The zero-order valence-electron chi connectivity index (χ0n) is 12.5. The lowest BCUT2D eigenvalue weighted by Gasteiger charge is -2.06. The molecule has 1 amide bonds. The van der Waals surface area contributed by atoms with Crippen LogP contribution in [0.15, 0.2) is 53.9 Å². The molecule has 0 radical (unpaired) electrons. The minimum absolute atomic E-state index is 0.119. The number of anilines is 1. The van der Waals surface area contributed by atoms with Gasteiger partial charge in [0.1, 0.15) is 0 Å². The van der Waals surface area contributed by atoms with E-state index in [4.69, 9.17) is 0 Å². The van der Waals surface area contributed by atoms with Gasteiger partial charge in [-0.2, -0.15) is 0 Å². The highest BCUT2D eigenvalue weighted by Crippen LogP contribution is 2.25. The molecule has 3 rings (SSSR count). The molecule has 0 fully saturated rings. The molecule has 0 unspecified atom stereocenters. The minimum Gasteiger partial charge on any atom is -0.298 e. The monoisotopic (exact) mass is 308 g/mol. The Kier molecular flexibility index (Phi) is 4.02. The number of thiazole rings is 1. The van der Waals surface area contributed by atoms with E-state index < -0.39 is 0 Å². The zero-order chi connectivity index (χ0) is 15.5. The first-order valence-electron chi connectivity index (χ1n) is 7.03. The van der Waals surface area contributed by atoms with Gasteiger partial charge < -0.3 is 0 Å². The summed E-state index contributed by atoms with van der Waals surface area (Å²) in [6.07, 6.45) is 0. The summed E-state index contributed by atoms with van der Waals surface area (Å²) >= 11 is 1.43. The highest BCUT2D eigenvalue weighted by atomic mass is 32.1. The number of rotatable bonds is 3. The summed E-state index contributed by atoms with van der Waals surface area (Å²) in [5, 5.41) is 5.44. The third-order valence-corrected chi connectivity index (χ3v) is 4.18. The molecular formula is C18H16N2OS. The normalized spacial score (nSPS) is 10.5. The maximum absolute atomic E-state index is 12.3. The zero-order valence-corrected chi connectivity index (χ0v) is 13.3. The first-order valence-corrected chi connectivity index (χ1v) is 7.91. The predicted octanol–water partition coefficient (Wildman–Crippen LogP) is 4.68. The molecule has 110 valence electrons. The van der Waals surface area contributed by atoms with Crippen molar-refractivity contribution in [1.82, 2.24) is 4.98 Å². The van der Waals surface area contributed by atoms with Gasteiger partial charge in [0, 0.05) is 16.5 Å². The van der Waals surface area contributed by atoms with Crippen LogP contribution in [0, 0.1) is 13.8 Å². The topological polar surface area (TPSA) is 42.0 Å². The summed E-state index contributed by atoms with van der Waals surface area (Å²) in [5.41, 5.74) is 4.72. The van der Waals surface area contributed by atoms with Crippen molar-refractivity contribution in [2.45, 2.75) is 13.8 Å². The SMILES string of the molecule is Cc1ccc(C(=O)Nc2nc(-c3ccccc3)cs2)c(C)c1. The molecule has 0 atom stereocenters. The van der Waals surface area contributed by atoms with Crippen molar-refractivity contribution >= 4 is 22.4 Å². The molecule has 0 aliphatic rings. The average Bonchev–Trinajstić information content (AvgIpc) is 2.96. The quantitative estimate of drug-likeness (QED) is 0.763. The molecule has 4 heteroatoms. The Morgan fingerprint density at radius 2 is 1.86 bits per heavy atom. The van der Waals surface area contributed by atoms with E-state index in [0.717, 1.165) is 22.4 Å². The fourth-order valence-corrected chi connectivity index (χ4v) is 3.02. The summed E-state index contributed by atoms with van der Waals surface area (Å²) in [6.45, 7) is 3.96. The molecule has 3 nitrogen and oxygen atoms in total. The van der Waals surface area contributed by atoms with Crippen LogP contribution in [-0.4, -0.2) is 10.9 Å². The maximum atomic E-state index is 12.3. The number of amides is 1. The molecule has 0 aliphatic heterocycles. The lowest BCUT2D eigenvalue weighted by Crippen LogP contribution is -2.13. The van der Waals surface area contributed by atoms with E-state index in [2.05, 4.69) is 10.3 Å². The number of aromatic nitrogens is 1. The van der Waals surface area contributed by atoms with E-state index in [1.54, 1.807) is 0 Å². The number of carbonyl (C=O) groups excluding carboxylic acids is 1. The Balaban J connectivity index is 1.79. The Morgan fingerprint density at radius 1 is 1.09 bits per heavy atom. The number of benzene rings is 2. The number of nitrogens with zero attached hydrogens (tertiary/aromatic N) is 1. The van der Waals surface area contributed by atoms with Crippen molar-refractivity contribution in [2.24, 2.45) is 0 Å². The summed E-state index contributed by atoms with van der Waals surface area (Å²) in [4.78, 5) is 16.8. The van der Waals surface area contributed by atoms with Crippen LogP contribution >= 0.6 is 11.3 Å². The smallest absolute Gasteiger partial charge is 0.257 e. The number of aryl methyl sites for hydroxylation is 2. The van der Waals surface area contributed by atoms with Crippen molar-refractivity contribution in [2.75, 3.05) is 5.32 Å². The van der Waals surface area contributed by atoms with Crippen LogP contribution < -0.4 is 5.32 Å². The van der Waals surface area contributed by atoms with Crippen LogP contribution in [-0.2, 0) is 0 Å². The van der Waals surface area contributed by atoms with Gasteiger partial charge in [0.25, 0.3) is 5.91 Å². The Bertz CT molecular complexity index is 809. The molecule has 0 bridgehead atoms. The highest BCUT2D eigenvalue weighted by Gasteiger charge is 2.12. The van der Waals surface area contributed by atoms with Crippen LogP contribution in [0.3, 0.4) is 0 Å². The van der Waals surface area contributed by atoms with Gasteiger partial charge in [0.05, 0.1) is 5.69 Å². The van der Waals surface area contributed by atoms with Crippen LogP contribution in [0.2, 0.25) is 0 Å². The predicted molar refractivity (Wildman–Crippen MR) is 91.4 cm³/mol. The maximum Gasteiger partial charge on any atom is 0.257 e. The average molecular weight is 308 g/mol. The molecule has 1 heterocycles. The van der Waals surface area contributed by atoms with E-state index >= 15 is 0 Å². The summed E-state index contributed by atoms with van der Waals surface area (Å²) in [5.74, 6) is -0.119. The molecule has 0 saturated carbocycles. The first-order chi connectivity index (χ1) is 10.6. The highest BCUT2D eigenvalue weighted by molar-refractivity contribution is 7.14. The van der Waals surface area contributed by atoms with Gasteiger partial charge in [-0.1, -0.05) is 48.0 Å². The number of nitrogens with one attached hydrogen (secondary N) is 1. The number of hydrogen-bond donors (Lipinski definition) is 1. The van der Waals surface area contributed by atoms with Gasteiger partial charge in [0.2, 0.25) is 0 Å². The third kappa shape index (κ3) is 3.07. The second kappa shape index (κ2) is 6.12. The van der Waals surface area contributed by atoms with Crippen molar-refractivity contribution < 1.29 is 4.79 Å². The van der Waals surface area contributed by atoms with Gasteiger partial charge in [-0.3, -0.25) is 10.1 Å². The molecule has 1 aromatic heterocycles. The van der Waals surface area contributed by atoms with Crippen molar-refractivity contribution in [3.8, 4) is 11.3 Å². The van der Waals surface area contributed by atoms with E-state index in [0.29, 0.717) is 10.7 Å².